The van der Waals surface area contributed by atoms with Crippen molar-refractivity contribution >= 4 is 5.97 Å². The molecule has 1 heterocycles. The van der Waals surface area contributed by atoms with Crippen molar-refractivity contribution in [1.29, 1.82) is 0 Å². The molecule has 1 saturated heterocycles. The summed E-state index contributed by atoms with van der Waals surface area (Å²) in [6.45, 7) is 1.34. The first kappa shape index (κ1) is 6.29. The second-order valence-electron chi connectivity index (χ2n) is 1.99. The molecule has 0 saturated carbocycles. The molecular formula is C6H8O3. The van der Waals surface area contributed by atoms with Crippen LogP contribution in [0, 0.1) is 5.92 Å². The Morgan fingerprint density at radius 3 is 2.67 bits per heavy atom. The zero-order valence-electron chi connectivity index (χ0n) is 4.91. The molecule has 0 spiro atoms. The molecule has 0 aromatic heterocycles. The number of hydrogen-bond donors (Lipinski definition) is 1. The van der Waals surface area contributed by atoms with Crippen molar-refractivity contribution < 1.29 is 14.6 Å². The van der Waals surface area contributed by atoms with Crippen LogP contribution in [-0.2, 0) is 9.53 Å². The Morgan fingerprint density at radius 1 is 1.67 bits per heavy atom. The third-order valence-electron chi connectivity index (χ3n) is 1.17. The number of rotatable bonds is 2. The minimum Gasteiger partial charge on any atom is -0.478 e. The fourth-order valence-corrected chi connectivity index (χ4v) is 0.583. The summed E-state index contributed by atoms with van der Waals surface area (Å²) in [4.78, 5) is 9.92. The van der Waals surface area contributed by atoms with E-state index in [0.717, 1.165) is 6.08 Å². The topological polar surface area (TPSA) is 46.5 Å². The fourth-order valence-electron chi connectivity index (χ4n) is 0.583. The molecule has 1 fully saturated rings. The SMILES string of the molecule is O=C(O)/C=C/C1COC1. The minimum absolute atomic E-state index is 0.334. The van der Waals surface area contributed by atoms with Gasteiger partial charge in [0.25, 0.3) is 0 Å². The van der Waals surface area contributed by atoms with Gasteiger partial charge in [-0.2, -0.15) is 0 Å². The lowest BCUT2D eigenvalue weighted by molar-refractivity contribution is -0.131. The van der Waals surface area contributed by atoms with Crippen LogP contribution < -0.4 is 0 Å². The van der Waals surface area contributed by atoms with E-state index in [4.69, 9.17) is 9.84 Å². The Labute approximate surface area is 52.9 Å². The molecule has 0 amide bonds. The second-order valence-corrected chi connectivity index (χ2v) is 1.99. The van der Waals surface area contributed by atoms with Crippen LogP contribution in [0.25, 0.3) is 0 Å². The highest BCUT2D eigenvalue weighted by atomic mass is 16.5. The monoisotopic (exact) mass is 128 g/mol. The van der Waals surface area contributed by atoms with Crippen molar-refractivity contribution in [3.05, 3.63) is 12.2 Å². The number of carbonyl (C=O) groups is 1. The van der Waals surface area contributed by atoms with Crippen molar-refractivity contribution in [2.75, 3.05) is 13.2 Å². The molecule has 1 N–H and O–H groups in total. The summed E-state index contributed by atoms with van der Waals surface area (Å²) in [5.74, 6) is -0.553. The van der Waals surface area contributed by atoms with E-state index in [9.17, 15) is 4.79 Å². The quantitative estimate of drug-likeness (QED) is 0.543. The molecule has 3 heteroatoms. The average molecular weight is 128 g/mol. The van der Waals surface area contributed by atoms with E-state index in [1.807, 2.05) is 0 Å². The maximum absolute atomic E-state index is 9.92. The van der Waals surface area contributed by atoms with Gasteiger partial charge in [-0.1, -0.05) is 6.08 Å². The van der Waals surface area contributed by atoms with Gasteiger partial charge >= 0.3 is 5.97 Å². The van der Waals surface area contributed by atoms with Crippen LogP contribution in [-0.4, -0.2) is 24.3 Å². The number of aliphatic carboxylic acids is 1. The van der Waals surface area contributed by atoms with Crippen LogP contribution in [0.3, 0.4) is 0 Å². The van der Waals surface area contributed by atoms with Crippen LogP contribution in [0.15, 0.2) is 12.2 Å². The molecule has 1 aliphatic rings. The van der Waals surface area contributed by atoms with Crippen molar-refractivity contribution in [1.82, 2.24) is 0 Å². The first-order valence-corrected chi connectivity index (χ1v) is 2.78. The summed E-state index contributed by atoms with van der Waals surface area (Å²) in [6.07, 6.45) is 2.82. The summed E-state index contributed by atoms with van der Waals surface area (Å²) in [5, 5.41) is 8.15. The number of ether oxygens (including phenoxy) is 1. The molecule has 0 aliphatic carbocycles. The lowest BCUT2D eigenvalue weighted by atomic mass is 10.1. The summed E-state index contributed by atoms with van der Waals surface area (Å²) in [7, 11) is 0. The lowest BCUT2D eigenvalue weighted by Crippen LogP contribution is -2.25. The molecule has 1 rings (SSSR count). The van der Waals surface area contributed by atoms with Gasteiger partial charge in [0.1, 0.15) is 0 Å². The molecule has 9 heavy (non-hydrogen) atoms. The Bertz CT molecular complexity index is 135. The van der Waals surface area contributed by atoms with E-state index in [-0.39, 0.29) is 0 Å². The maximum atomic E-state index is 9.92. The molecular weight excluding hydrogens is 120 g/mol. The maximum Gasteiger partial charge on any atom is 0.327 e. The Hall–Kier alpha value is -0.830. The summed E-state index contributed by atoms with van der Waals surface area (Å²) in [5.41, 5.74) is 0. The molecule has 1 aliphatic heterocycles. The van der Waals surface area contributed by atoms with E-state index >= 15 is 0 Å². The van der Waals surface area contributed by atoms with Crippen LogP contribution in [0.4, 0.5) is 0 Å². The van der Waals surface area contributed by atoms with E-state index in [2.05, 4.69) is 0 Å². The smallest absolute Gasteiger partial charge is 0.327 e. The zero-order valence-corrected chi connectivity index (χ0v) is 4.91. The van der Waals surface area contributed by atoms with E-state index in [1.165, 1.54) is 0 Å². The molecule has 50 valence electrons. The van der Waals surface area contributed by atoms with Crippen molar-refractivity contribution in [2.45, 2.75) is 0 Å². The van der Waals surface area contributed by atoms with Gasteiger partial charge in [0.05, 0.1) is 13.2 Å². The van der Waals surface area contributed by atoms with Crippen molar-refractivity contribution in [2.24, 2.45) is 5.92 Å². The standard InChI is InChI=1S/C6H8O3/c7-6(8)2-1-5-3-9-4-5/h1-2,5H,3-4H2,(H,7,8)/b2-1+. The first-order valence-electron chi connectivity index (χ1n) is 2.78. The third-order valence-corrected chi connectivity index (χ3v) is 1.17. The van der Waals surface area contributed by atoms with Gasteiger partial charge in [-0.15, -0.1) is 0 Å². The number of carboxylic acid groups (broad SMARTS) is 1. The molecule has 0 radical (unpaired) electrons. The molecule has 0 bridgehead atoms. The minimum atomic E-state index is -0.887. The van der Waals surface area contributed by atoms with Gasteiger partial charge in [-0.25, -0.2) is 4.79 Å². The Balaban J connectivity index is 2.22. The summed E-state index contributed by atoms with van der Waals surface area (Å²) >= 11 is 0. The third kappa shape index (κ3) is 1.85. The van der Waals surface area contributed by atoms with Crippen LogP contribution in [0.1, 0.15) is 0 Å². The van der Waals surface area contributed by atoms with Crippen molar-refractivity contribution in [3.63, 3.8) is 0 Å². The lowest BCUT2D eigenvalue weighted by Gasteiger charge is -2.21. The predicted octanol–water partition coefficient (Wildman–Crippen LogP) is 0.274. The van der Waals surface area contributed by atoms with Gasteiger partial charge in [-0.3, -0.25) is 0 Å². The number of hydrogen-bond acceptors (Lipinski definition) is 2. The van der Waals surface area contributed by atoms with E-state index in [0.29, 0.717) is 19.1 Å². The van der Waals surface area contributed by atoms with Gasteiger partial charge in [0.15, 0.2) is 0 Å². The molecule has 0 aromatic rings. The van der Waals surface area contributed by atoms with Crippen molar-refractivity contribution in [3.8, 4) is 0 Å². The van der Waals surface area contributed by atoms with Crippen LogP contribution in [0.5, 0.6) is 0 Å². The van der Waals surface area contributed by atoms with Crippen LogP contribution >= 0.6 is 0 Å². The van der Waals surface area contributed by atoms with Gasteiger partial charge in [0.2, 0.25) is 0 Å². The average Bonchev–Trinajstić information content (AvgIpc) is 1.60. The number of carboxylic acids is 1. The molecule has 0 aromatic carbocycles. The van der Waals surface area contributed by atoms with E-state index < -0.39 is 5.97 Å². The van der Waals surface area contributed by atoms with Gasteiger partial charge in [0, 0.05) is 12.0 Å². The van der Waals surface area contributed by atoms with Crippen LogP contribution in [0.2, 0.25) is 0 Å². The largest absolute Gasteiger partial charge is 0.478 e. The summed E-state index contributed by atoms with van der Waals surface area (Å²) in [6, 6.07) is 0. The normalized spacial score (nSPS) is 20.0. The molecule has 3 nitrogen and oxygen atoms in total. The fraction of sp³-hybridized carbons (Fsp3) is 0.500. The predicted molar refractivity (Wildman–Crippen MR) is 31.1 cm³/mol. The highest BCUT2D eigenvalue weighted by molar-refractivity contribution is 5.79. The zero-order chi connectivity index (χ0) is 6.69. The Morgan fingerprint density at radius 2 is 2.33 bits per heavy atom. The molecule has 0 atom stereocenters. The highest BCUT2D eigenvalue weighted by Gasteiger charge is 2.14. The first-order chi connectivity index (χ1) is 4.29. The second kappa shape index (κ2) is 2.64. The summed E-state index contributed by atoms with van der Waals surface area (Å²) < 4.78 is 4.82. The van der Waals surface area contributed by atoms with Gasteiger partial charge in [-0.05, 0) is 0 Å². The van der Waals surface area contributed by atoms with Gasteiger partial charge < -0.3 is 9.84 Å². The highest BCUT2D eigenvalue weighted by Crippen LogP contribution is 2.10. The van der Waals surface area contributed by atoms with E-state index in [1.54, 1.807) is 6.08 Å². The Kier molecular flexibility index (Phi) is 1.85. The molecule has 0 unspecified atom stereocenters.